The molecule has 4 heteroatoms. The molecule has 1 atom stereocenters. The molecule has 1 saturated carbocycles. The van der Waals surface area contributed by atoms with E-state index in [0.29, 0.717) is 12.2 Å². The highest BCUT2D eigenvalue weighted by Crippen LogP contribution is 2.40. The zero-order valence-corrected chi connectivity index (χ0v) is 14.2. The van der Waals surface area contributed by atoms with Gasteiger partial charge in [-0.1, -0.05) is 25.0 Å². The molecule has 24 heavy (non-hydrogen) atoms. The molecule has 1 heterocycles. The standard InChI is InChI=1S/C20H27NO3/c22-18-7-3-4-14-8-9-17(19(14)18)20(23)21-12-10-16(11-13-21)24-15-5-1-2-6-15/h3-4,7,15-17,22H,1-2,5-6,8-13H2. The molecule has 1 aromatic rings. The topological polar surface area (TPSA) is 49.8 Å². The Kier molecular flexibility index (Phi) is 4.49. The zero-order chi connectivity index (χ0) is 16.5. The number of nitrogens with zero attached hydrogens (tertiary/aromatic N) is 1. The zero-order valence-electron chi connectivity index (χ0n) is 14.2. The third kappa shape index (κ3) is 3.04. The second-order valence-electron chi connectivity index (χ2n) is 7.51. The average molecular weight is 329 g/mol. The molecule has 130 valence electrons. The number of amides is 1. The lowest BCUT2D eigenvalue weighted by Crippen LogP contribution is -2.43. The number of phenols is 1. The Morgan fingerprint density at radius 1 is 1.04 bits per heavy atom. The Balaban J connectivity index is 1.36. The van der Waals surface area contributed by atoms with Crippen molar-refractivity contribution in [3.05, 3.63) is 29.3 Å². The molecule has 2 fully saturated rings. The monoisotopic (exact) mass is 329 g/mol. The summed E-state index contributed by atoms with van der Waals surface area (Å²) in [6.07, 6.45) is 9.39. The van der Waals surface area contributed by atoms with Gasteiger partial charge >= 0.3 is 0 Å². The summed E-state index contributed by atoms with van der Waals surface area (Å²) < 4.78 is 6.20. The van der Waals surface area contributed by atoms with Crippen molar-refractivity contribution >= 4 is 5.91 Å². The number of carbonyl (C=O) groups is 1. The summed E-state index contributed by atoms with van der Waals surface area (Å²) in [7, 11) is 0. The SMILES string of the molecule is O=C(C1CCc2cccc(O)c21)N1CCC(OC2CCCC2)CC1. The van der Waals surface area contributed by atoms with Gasteiger partial charge in [-0.3, -0.25) is 4.79 Å². The van der Waals surface area contributed by atoms with Crippen LogP contribution in [0.5, 0.6) is 5.75 Å². The van der Waals surface area contributed by atoms with Crippen molar-refractivity contribution in [2.75, 3.05) is 13.1 Å². The highest BCUT2D eigenvalue weighted by molar-refractivity contribution is 5.86. The maximum atomic E-state index is 12.9. The Morgan fingerprint density at radius 2 is 1.75 bits per heavy atom. The fraction of sp³-hybridized carbons (Fsp3) is 0.650. The first-order valence-electron chi connectivity index (χ1n) is 9.47. The lowest BCUT2D eigenvalue weighted by atomic mass is 9.97. The number of phenolic OH excluding ortho intramolecular Hbond substituents is 1. The van der Waals surface area contributed by atoms with E-state index in [2.05, 4.69) is 0 Å². The molecular formula is C20H27NO3. The lowest BCUT2D eigenvalue weighted by Gasteiger charge is -2.34. The minimum atomic E-state index is -0.159. The van der Waals surface area contributed by atoms with Gasteiger partial charge in [0.1, 0.15) is 5.75 Å². The van der Waals surface area contributed by atoms with Crippen molar-refractivity contribution in [1.29, 1.82) is 0 Å². The summed E-state index contributed by atoms with van der Waals surface area (Å²) in [4.78, 5) is 14.9. The third-order valence-corrected chi connectivity index (χ3v) is 5.96. The minimum Gasteiger partial charge on any atom is -0.508 e. The first kappa shape index (κ1) is 15.9. The van der Waals surface area contributed by atoms with Crippen molar-refractivity contribution in [2.24, 2.45) is 0 Å². The number of benzene rings is 1. The molecule has 4 nitrogen and oxygen atoms in total. The van der Waals surface area contributed by atoms with Crippen LogP contribution in [0.1, 0.15) is 62.0 Å². The van der Waals surface area contributed by atoms with E-state index in [1.165, 1.54) is 25.7 Å². The second kappa shape index (κ2) is 6.75. The second-order valence-corrected chi connectivity index (χ2v) is 7.51. The first-order valence-corrected chi connectivity index (χ1v) is 9.47. The number of ether oxygens (including phenoxy) is 1. The Morgan fingerprint density at radius 3 is 2.50 bits per heavy atom. The number of fused-ring (bicyclic) bond motifs is 1. The molecular weight excluding hydrogens is 302 g/mol. The molecule has 0 spiro atoms. The number of likely N-dealkylation sites (tertiary alicyclic amines) is 1. The van der Waals surface area contributed by atoms with Gasteiger partial charge in [-0.25, -0.2) is 0 Å². The molecule has 1 aromatic carbocycles. The van der Waals surface area contributed by atoms with Gasteiger partial charge in [0.15, 0.2) is 0 Å². The predicted molar refractivity (Wildman–Crippen MR) is 92.1 cm³/mol. The number of carbonyl (C=O) groups excluding carboxylic acids is 1. The maximum absolute atomic E-state index is 12.9. The van der Waals surface area contributed by atoms with Crippen molar-refractivity contribution in [2.45, 2.75) is 69.5 Å². The van der Waals surface area contributed by atoms with E-state index in [9.17, 15) is 9.90 Å². The molecule has 4 rings (SSSR count). The molecule has 0 aromatic heterocycles. The summed E-state index contributed by atoms with van der Waals surface area (Å²) >= 11 is 0. The number of aryl methyl sites for hydroxylation is 1. The summed E-state index contributed by atoms with van der Waals surface area (Å²) in [5.41, 5.74) is 2.00. The molecule has 1 saturated heterocycles. The van der Waals surface area contributed by atoms with Crippen LogP contribution in [0.4, 0.5) is 0 Å². The van der Waals surface area contributed by atoms with E-state index in [-0.39, 0.29) is 17.6 Å². The maximum Gasteiger partial charge on any atom is 0.230 e. The fourth-order valence-corrected chi connectivity index (χ4v) is 4.64. The van der Waals surface area contributed by atoms with Crippen molar-refractivity contribution in [3.63, 3.8) is 0 Å². The number of rotatable bonds is 3. The van der Waals surface area contributed by atoms with Gasteiger partial charge in [-0.15, -0.1) is 0 Å². The van der Waals surface area contributed by atoms with E-state index in [1.807, 2.05) is 17.0 Å². The molecule has 2 aliphatic carbocycles. The molecule has 1 unspecified atom stereocenters. The normalized spacial score (nSPS) is 25.2. The molecule has 1 N–H and O–H groups in total. The number of piperidine rings is 1. The lowest BCUT2D eigenvalue weighted by molar-refractivity contribution is -0.136. The van der Waals surface area contributed by atoms with Gasteiger partial charge in [-0.2, -0.15) is 0 Å². The van der Waals surface area contributed by atoms with E-state index >= 15 is 0 Å². The van der Waals surface area contributed by atoms with Crippen LogP contribution in [0.25, 0.3) is 0 Å². The summed E-state index contributed by atoms with van der Waals surface area (Å²) in [5.74, 6) is 0.311. The smallest absolute Gasteiger partial charge is 0.230 e. The van der Waals surface area contributed by atoms with E-state index in [0.717, 1.165) is 49.9 Å². The Hall–Kier alpha value is -1.55. The van der Waals surface area contributed by atoms with Crippen LogP contribution in [-0.4, -0.2) is 41.2 Å². The number of aromatic hydroxyl groups is 1. The summed E-state index contributed by atoms with van der Waals surface area (Å²) in [6.45, 7) is 1.57. The van der Waals surface area contributed by atoms with Crippen LogP contribution >= 0.6 is 0 Å². The van der Waals surface area contributed by atoms with Crippen LogP contribution in [-0.2, 0) is 16.0 Å². The van der Waals surface area contributed by atoms with E-state index in [4.69, 9.17) is 4.74 Å². The van der Waals surface area contributed by atoms with Crippen LogP contribution in [0.2, 0.25) is 0 Å². The van der Waals surface area contributed by atoms with E-state index in [1.54, 1.807) is 6.07 Å². The summed E-state index contributed by atoms with van der Waals surface area (Å²) in [5, 5.41) is 10.2. The van der Waals surface area contributed by atoms with Crippen LogP contribution in [0.15, 0.2) is 18.2 Å². The van der Waals surface area contributed by atoms with Gasteiger partial charge in [-0.05, 0) is 50.2 Å². The Labute approximate surface area is 143 Å². The number of hydrogen-bond donors (Lipinski definition) is 1. The largest absolute Gasteiger partial charge is 0.508 e. The van der Waals surface area contributed by atoms with Gasteiger partial charge < -0.3 is 14.7 Å². The predicted octanol–water partition coefficient (Wildman–Crippen LogP) is 3.37. The van der Waals surface area contributed by atoms with Crippen molar-refractivity contribution in [1.82, 2.24) is 4.90 Å². The van der Waals surface area contributed by atoms with Gasteiger partial charge in [0.05, 0.1) is 18.1 Å². The molecule has 3 aliphatic rings. The van der Waals surface area contributed by atoms with Gasteiger partial charge in [0, 0.05) is 18.7 Å². The highest BCUT2D eigenvalue weighted by Gasteiger charge is 2.35. The van der Waals surface area contributed by atoms with E-state index < -0.39 is 0 Å². The third-order valence-electron chi connectivity index (χ3n) is 5.96. The average Bonchev–Trinajstić information content (AvgIpc) is 3.25. The van der Waals surface area contributed by atoms with Crippen LogP contribution < -0.4 is 0 Å². The fourth-order valence-electron chi connectivity index (χ4n) is 4.64. The molecule has 1 amide bonds. The quantitative estimate of drug-likeness (QED) is 0.925. The molecule has 0 bridgehead atoms. The first-order chi connectivity index (χ1) is 11.7. The highest BCUT2D eigenvalue weighted by atomic mass is 16.5. The van der Waals surface area contributed by atoms with Gasteiger partial charge in [0.2, 0.25) is 5.91 Å². The van der Waals surface area contributed by atoms with Crippen LogP contribution in [0.3, 0.4) is 0 Å². The molecule has 0 radical (unpaired) electrons. The van der Waals surface area contributed by atoms with Gasteiger partial charge in [0.25, 0.3) is 0 Å². The van der Waals surface area contributed by atoms with Crippen LogP contribution in [0, 0.1) is 0 Å². The molecule has 1 aliphatic heterocycles. The summed E-state index contributed by atoms with van der Waals surface area (Å²) in [6, 6.07) is 5.60. The number of hydrogen-bond acceptors (Lipinski definition) is 3. The minimum absolute atomic E-state index is 0.159. The Bertz CT molecular complexity index is 601. The van der Waals surface area contributed by atoms with Crippen molar-refractivity contribution < 1.29 is 14.6 Å². The van der Waals surface area contributed by atoms with Crippen molar-refractivity contribution in [3.8, 4) is 5.75 Å².